The summed E-state index contributed by atoms with van der Waals surface area (Å²) in [6.45, 7) is -2.39. The first-order chi connectivity index (χ1) is 15.1. The van der Waals surface area contributed by atoms with E-state index in [9.17, 15) is 13.6 Å². The van der Waals surface area contributed by atoms with Crippen LogP contribution in [0.4, 0.5) is 8.78 Å². The van der Waals surface area contributed by atoms with Crippen LogP contribution in [0.15, 0.2) is 53.9 Å². The number of hydrogen-bond acceptors (Lipinski definition) is 6. The third-order valence-corrected chi connectivity index (χ3v) is 5.66. The zero-order chi connectivity index (χ0) is 21.6. The van der Waals surface area contributed by atoms with Gasteiger partial charge in [0.05, 0.1) is 5.75 Å². The molecule has 1 aromatic carbocycles. The number of nitrogens with zero attached hydrogens (tertiary/aromatic N) is 4. The van der Waals surface area contributed by atoms with Crippen LogP contribution in [-0.4, -0.2) is 44.6 Å². The molecular weight excluding hydrogens is 424 g/mol. The lowest BCUT2D eigenvalue weighted by Gasteiger charge is -2.09. The van der Waals surface area contributed by atoms with E-state index in [2.05, 4.69) is 29.8 Å². The van der Waals surface area contributed by atoms with Crippen LogP contribution < -0.4 is 10.1 Å². The SMILES string of the molecule is O=C(CSc1nnc(-c2cccnc2)n1C1CC1)NCCc1ccc(OC(F)F)cc1. The summed E-state index contributed by atoms with van der Waals surface area (Å²) >= 11 is 1.36. The molecule has 7 nitrogen and oxygen atoms in total. The van der Waals surface area contributed by atoms with Gasteiger partial charge in [0, 0.05) is 30.5 Å². The smallest absolute Gasteiger partial charge is 0.387 e. The highest BCUT2D eigenvalue weighted by molar-refractivity contribution is 7.99. The molecule has 10 heteroatoms. The van der Waals surface area contributed by atoms with Crippen LogP contribution in [0.5, 0.6) is 5.75 Å². The van der Waals surface area contributed by atoms with Crippen molar-refractivity contribution in [2.45, 2.75) is 37.1 Å². The van der Waals surface area contributed by atoms with Crippen molar-refractivity contribution in [3.8, 4) is 17.1 Å². The zero-order valence-corrected chi connectivity index (χ0v) is 17.4. The number of hydrogen-bond donors (Lipinski definition) is 1. The molecule has 1 fully saturated rings. The van der Waals surface area contributed by atoms with E-state index in [1.807, 2.05) is 12.1 Å². The fourth-order valence-electron chi connectivity index (χ4n) is 3.09. The van der Waals surface area contributed by atoms with Crippen molar-refractivity contribution in [2.24, 2.45) is 0 Å². The van der Waals surface area contributed by atoms with Gasteiger partial charge < -0.3 is 10.1 Å². The van der Waals surface area contributed by atoms with Gasteiger partial charge in [0.15, 0.2) is 11.0 Å². The molecule has 4 rings (SSSR count). The van der Waals surface area contributed by atoms with E-state index >= 15 is 0 Å². The molecule has 0 atom stereocenters. The molecule has 162 valence electrons. The molecule has 1 aliphatic carbocycles. The molecule has 31 heavy (non-hydrogen) atoms. The van der Waals surface area contributed by atoms with Gasteiger partial charge in [-0.2, -0.15) is 8.78 Å². The van der Waals surface area contributed by atoms with Crippen LogP contribution in [0.1, 0.15) is 24.4 Å². The molecule has 0 aliphatic heterocycles. The van der Waals surface area contributed by atoms with Gasteiger partial charge in [-0.15, -0.1) is 10.2 Å². The average Bonchev–Trinajstić information content (AvgIpc) is 3.52. The second-order valence-corrected chi connectivity index (χ2v) is 8.00. The molecule has 0 unspecified atom stereocenters. The minimum Gasteiger partial charge on any atom is -0.435 e. The van der Waals surface area contributed by atoms with Gasteiger partial charge in [-0.3, -0.25) is 14.3 Å². The second kappa shape index (κ2) is 9.86. The topological polar surface area (TPSA) is 81.9 Å². The Morgan fingerprint density at radius 2 is 2.03 bits per heavy atom. The van der Waals surface area contributed by atoms with Gasteiger partial charge in [-0.25, -0.2) is 0 Å². The number of ether oxygens (including phenoxy) is 1. The quantitative estimate of drug-likeness (QED) is 0.479. The van der Waals surface area contributed by atoms with Crippen LogP contribution in [0, 0.1) is 0 Å². The van der Waals surface area contributed by atoms with Gasteiger partial charge in [0.2, 0.25) is 5.91 Å². The lowest BCUT2D eigenvalue weighted by Crippen LogP contribution is -2.27. The standard InChI is InChI=1S/C21H21F2N5O2S/c22-20(23)30-17-7-3-14(4-8-17)9-11-25-18(29)13-31-21-27-26-19(28(21)16-5-6-16)15-2-1-10-24-12-15/h1-4,7-8,10,12,16,20H,5-6,9,11,13H2,(H,25,29). The third kappa shape index (κ3) is 5.78. The monoisotopic (exact) mass is 445 g/mol. The summed E-state index contributed by atoms with van der Waals surface area (Å²) in [6.07, 6.45) is 6.22. The maximum atomic E-state index is 12.3. The van der Waals surface area contributed by atoms with Gasteiger partial charge >= 0.3 is 6.61 Å². The molecule has 0 saturated heterocycles. The van der Waals surface area contributed by atoms with E-state index in [4.69, 9.17) is 0 Å². The van der Waals surface area contributed by atoms with Gasteiger partial charge in [-0.05, 0) is 49.1 Å². The summed E-state index contributed by atoms with van der Waals surface area (Å²) < 4.78 is 30.8. The molecule has 1 N–H and O–H groups in total. The number of thioether (sulfide) groups is 1. The highest BCUT2D eigenvalue weighted by Gasteiger charge is 2.30. The Morgan fingerprint density at radius 1 is 1.23 bits per heavy atom. The Hall–Kier alpha value is -3.01. The number of carbonyl (C=O) groups is 1. The number of amides is 1. The molecule has 1 aliphatic rings. The van der Waals surface area contributed by atoms with Crippen molar-refractivity contribution >= 4 is 17.7 Å². The second-order valence-electron chi connectivity index (χ2n) is 7.06. The molecule has 1 amide bonds. The average molecular weight is 445 g/mol. The van der Waals surface area contributed by atoms with Crippen molar-refractivity contribution in [1.82, 2.24) is 25.1 Å². The predicted molar refractivity (Wildman–Crippen MR) is 112 cm³/mol. The molecule has 2 aromatic heterocycles. The molecule has 0 spiro atoms. The number of carbonyl (C=O) groups excluding carboxylic acids is 1. The summed E-state index contributed by atoms with van der Waals surface area (Å²) in [5.41, 5.74) is 1.83. The molecular formula is C21H21F2N5O2S. The fourth-order valence-corrected chi connectivity index (χ4v) is 3.93. The van der Waals surface area contributed by atoms with Crippen molar-refractivity contribution in [2.75, 3.05) is 12.3 Å². The minimum atomic E-state index is -2.84. The molecule has 3 aromatic rings. The van der Waals surface area contributed by atoms with Crippen LogP contribution in [-0.2, 0) is 11.2 Å². The summed E-state index contributed by atoms with van der Waals surface area (Å²) in [6, 6.07) is 10.6. The lowest BCUT2D eigenvalue weighted by atomic mass is 10.1. The molecule has 0 bridgehead atoms. The lowest BCUT2D eigenvalue weighted by molar-refractivity contribution is -0.118. The van der Waals surface area contributed by atoms with Crippen molar-refractivity contribution < 1.29 is 18.3 Å². The maximum Gasteiger partial charge on any atom is 0.387 e. The van der Waals surface area contributed by atoms with Crippen LogP contribution in [0.3, 0.4) is 0 Å². The number of rotatable bonds is 10. The van der Waals surface area contributed by atoms with Gasteiger partial charge in [-0.1, -0.05) is 23.9 Å². The Labute approximate surface area is 182 Å². The van der Waals surface area contributed by atoms with E-state index in [0.717, 1.165) is 34.9 Å². The third-order valence-electron chi connectivity index (χ3n) is 4.71. The number of benzene rings is 1. The van der Waals surface area contributed by atoms with E-state index in [-0.39, 0.29) is 17.4 Å². The summed E-state index contributed by atoms with van der Waals surface area (Å²) in [5, 5.41) is 12.2. The number of halogens is 2. The Morgan fingerprint density at radius 3 is 2.71 bits per heavy atom. The van der Waals surface area contributed by atoms with E-state index in [1.54, 1.807) is 24.5 Å². The molecule has 0 radical (unpaired) electrons. The van der Waals surface area contributed by atoms with E-state index in [0.29, 0.717) is 19.0 Å². The summed E-state index contributed by atoms with van der Waals surface area (Å²) in [7, 11) is 0. The zero-order valence-electron chi connectivity index (χ0n) is 16.6. The first-order valence-corrected chi connectivity index (χ1v) is 10.9. The maximum absolute atomic E-state index is 12.3. The predicted octanol–water partition coefficient (Wildman–Crippen LogP) is 3.73. The molecule has 2 heterocycles. The van der Waals surface area contributed by atoms with E-state index in [1.165, 1.54) is 23.9 Å². The van der Waals surface area contributed by atoms with Crippen molar-refractivity contribution in [3.63, 3.8) is 0 Å². The largest absolute Gasteiger partial charge is 0.435 e. The minimum absolute atomic E-state index is 0.101. The molecule has 1 saturated carbocycles. The Kier molecular flexibility index (Phi) is 6.76. The highest BCUT2D eigenvalue weighted by atomic mass is 32.2. The fraction of sp³-hybridized carbons (Fsp3) is 0.333. The number of alkyl halides is 2. The summed E-state index contributed by atoms with van der Waals surface area (Å²) in [4.78, 5) is 16.4. The summed E-state index contributed by atoms with van der Waals surface area (Å²) in [5.74, 6) is 1.03. The van der Waals surface area contributed by atoms with Crippen LogP contribution in [0.2, 0.25) is 0 Å². The number of aromatic nitrogens is 4. The highest BCUT2D eigenvalue weighted by Crippen LogP contribution is 2.40. The number of nitrogens with one attached hydrogen (secondary N) is 1. The van der Waals surface area contributed by atoms with Crippen LogP contribution in [0.25, 0.3) is 11.4 Å². The first-order valence-electron chi connectivity index (χ1n) is 9.88. The van der Waals surface area contributed by atoms with Gasteiger partial charge in [0.25, 0.3) is 0 Å². The Balaban J connectivity index is 1.27. The normalized spacial score (nSPS) is 13.4. The van der Waals surface area contributed by atoms with Gasteiger partial charge in [0.1, 0.15) is 5.75 Å². The first kappa shape index (κ1) is 21.2. The van der Waals surface area contributed by atoms with Crippen LogP contribution >= 0.6 is 11.8 Å². The van der Waals surface area contributed by atoms with Crippen molar-refractivity contribution in [1.29, 1.82) is 0 Å². The Bertz CT molecular complexity index is 1010. The van der Waals surface area contributed by atoms with Crippen molar-refractivity contribution in [3.05, 3.63) is 54.4 Å². The number of pyridine rings is 1. The van der Waals surface area contributed by atoms with E-state index < -0.39 is 6.61 Å².